The van der Waals surface area contributed by atoms with Crippen LogP contribution < -0.4 is 15.8 Å². The number of hydrogen-bond donors (Lipinski definition) is 2. The maximum Gasteiger partial charge on any atom is 0.271 e. The quantitative estimate of drug-likeness (QED) is 0.907. The third-order valence-electron chi connectivity index (χ3n) is 3.64. The van der Waals surface area contributed by atoms with Gasteiger partial charge in [-0.3, -0.25) is 4.79 Å². The number of benzene rings is 1. The van der Waals surface area contributed by atoms with Crippen molar-refractivity contribution in [1.82, 2.24) is 10.3 Å². The average molecular weight is 317 g/mol. The number of nitrogens with one attached hydrogen (secondary N) is 1. The van der Waals surface area contributed by atoms with Crippen molar-refractivity contribution in [3.63, 3.8) is 0 Å². The summed E-state index contributed by atoms with van der Waals surface area (Å²) in [4.78, 5) is 16.8. The van der Waals surface area contributed by atoms with Crippen molar-refractivity contribution in [2.24, 2.45) is 5.73 Å². The van der Waals surface area contributed by atoms with Gasteiger partial charge in [0.05, 0.1) is 17.7 Å². The van der Waals surface area contributed by atoms with Crippen LogP contribution in [0.5, 0.6) is 5.75 Å². The number of amides is 1. The second-order valence-corrected chi connectivity index (χ2v) is 6.16. The van der Waals surface area contributed by atoms with E-state index in [-0.39, 0.29) is 11.9 Å². The first-order valence-corrected chi connectivity index (χ1v) is 8.33. The topological polar surface area (TPSA) is 77.2 Å². The van der Waals surface area contributed by atoms with Crippen LogP contribution in [0.25, 0.3) is 0 Å². The Morgan fingerprint density at radius 1 is 1.45 bits per heavy atom. The number of aromatic nitrogens is 1. The van der Waals surface area contributed by atoms with E-state index in [0.29, 0.717) is 25.3 Å². The fourth-order valence-corrected chi connectivity index (χ4v) is 3.35. The molecule has 1 aliphatic rings. The molecule has 1 atom stereocenters. The molecule has 0 aliphatic carbocycles. The first-order chi connectivity index (χ1) is 10.8. The molecule has 1 amide bonds. The molecule has 0 saturated heterocycles. The Labute approximate surface area is 133 Å². The van der Waals surface area contributed by atoms with Crippen LogP contribution >= 0.6 is 11.3 Å². The molecule has 116 valence electrons. The van der Waals surface area contributed by atoms with Gasteiger partial charge in [0.1, 0.15) is 11.4 Å². The molecule has 0 spiro atoms. The van der Waals surface area contributed by atoms with Crippen LogP contribution in [-0.4, -0.2) is 24.0 Å². The van der Waals surface area contributed by atoms with Gasteiger partial charge < -0.3 is 15.8 Å². The van der Waals surface area contributed by atoms with Crippen LogP contribution in [0.2, 0.25) is 0 Å². The number of nitrogens with two attached hydrogens (primary N) is 1. The lowest BCUT2D eigenvalue weighted by atomic mass is 10.0. The molecule has 2 heterocycles. The van der Waals surface area contributed by atoms with E-state index in [1.54, 1.807) is 5.38 Å². The van der Waals surface area contributed by atoms with E-state index in [0.717, 1.165) is 29.2 Å². The van der Waals surface area contributed by atoms with Crippen LogP contribution in [0.1, 0.15) is 39.9 Å². The van der Waals surface area contributed by atoms with E-state index in [9.17, 15) is 4.79 Å². The van der Waals surface area contributed by atoms with E-state index in [1.165, 1.54) is 11.3 Å². The van der Waals surface area contributed by atoms with Crippen LogP contribution in [-0.2, 0) is 6.42 Å². The molecular formula is C16H19N3O2S. The van der Waals surface area contributed by atoms with Gasteiger partial charge in [-0.25, -0.2) is 4.98 Å². The minimum absolute atomic E-state index is 0.0362. The molecule has 3 N–H and O–H groups in total. The molecule has 1 aromatic carbocycles. The summed E-state index contributed by atoms with van der Waals surface area (Å²) in [6, 6.07) is 7.83. The highest BCUT2D eigenvalue weighted by Gasteiger charge is 2.22. The summed E-state index contributed by atoms with van der Waals surface area (Å²) in [5.74, 6) is 0.716. The Hall–Kier alpha value is -1.92. The number of fused-ring (bicyclic) bond motifs is 1. The number of thiazole rings is 1. The fraction of sp³-hybridized carbons (Fsp3) is 0.375. The predicted octanol–water partition coefficient (Wildman–Crippen LogP) is 2.29. The van der Waals surface area contributed by atoms with E-state index in [4.69, 9.17) is 10.5 Å². The zero-order valence-corrected chi connectivity index (χ0v) is 13.1. The number of carbonyl (C=O) groups is 1. The average Bonchev–Trinajstić information content (AvgIpc) is 2.90. The summed E-state index contributed by atoms with van der Waals surface area (Å²) in [5, 5.41) is 5.77. The molecule has 1 unspecified atom stereocenters. The molecular weight excluding hydrogens is 298 g/mol. The van der Waals surface area contributed by atoms with Crippen molar-refractivity contribution in [2.75, 3.05) is 13.2 Å². The van der Waals surface area contributed by atoms with Crippen molar-refractivity contribution in [3.8, 4) is 5.75 Å². The van der Waals surface area contributed by atoms with Gasteiger partial charge in [-0.15, -0.1) is 11.3 Å². The van der Waals surface area contributed by atoms with E-state index < -0.39 is 0 Å². The second kappa shape index (κ2) is 6.89. The van der Waals surface area contributed by atoms with E-state index >= 15 is 0 Å². The van der Waals surface area contributed by atoms with Gasteiger partial charge >= 0.3 is 0 Å². The van der Waals surface area contributed by atoms with Crippen molar-refractivity contribution in [2.45, 2.75) is 25.3 Å². The third kappa shape index (κ3) is 3.28. The predicted molar refractivity (Wildman–Crippen MR) is 86.3 cm³/mol. The molecule has 1 aliphatic heterocycles. The summed E-state index contributed by atoms with van der Waals surface area (Å²) >= 11 is 1.48. The summed E-state index contributed by atoms with van der Waals surface area (Å²) in [6.07, 6.45) is 2.48. The molecule has 3 rings (SSSR count). The molecule has 22 heavy (non-hydrogen) atoms. The van der Waals surface area contributed by atoms with Crippen molar-refractivity contribution >= 4 is 17.2 Å². The van der Waals surface area contributed by atoms with Gasteiger partial charge in [0, 0.05) is 17.4 Å². The van der Waals surface area contributed by atoms with Gasteiger partial charge in [-0.05, 0) is 25.5 Å². The molecule has 0 saturated carbocycles. The van der Waals surface area contributed by atoms with E-state index in [2.05, 4.69) is 10.3 Å². The maximum atomic E-state index is 12.4. The lowest BCUT2D eigenvalue weighted by molar-refractivity contribution is 0.0930. The highest BCUT2D eigenvalue weighted by Crippen LogP contribution is 2.31. The number of hydrogen-bond acceptors (Lipinski definition) is 5. The number of carbonyl (C=O) groups excluding carboxylic acids is 1. The van der Waals surface area contributed by atoms with Crippen LogP contribution in [0.3, 0.4) is 0 Å². The van der Waals surface area contributed by atoms with Crippen molar-refractivity contribution in [3.05, 3.63) is 45.9 Å². The van der Waals surface area contributed by atoms with Gasteiger partial charge in [-0.1, -0.05) is 18.2 Å². The molecule has 1 aromatic heterocycles. The Morgan fingerprint density at radius 2 is 2.32 bits per heavy atom. The van der Waals surface area contributed by atoms with E-state index in [1.807, 2.05) is 24.3 Å². The monoisotopic (exact) mass is 317 g/mol. The molecule has 5 nitrogen and oxygen atoms in total. The van der Waals surface area contributed by atoms with Crippen molar-refractivity contribution in [1.29, 1.82) is 0 Å². The summed E-state index contributed by atoms with van der Waals surface area (Å²) in [6.45, 7) is 1.22. The zero-order chi connectivity index (χ0) is 15.4. The number of para-hydroxylation sites is 1. The Bertz CT molecular complexity index is 656. The summed E-state index contributed by atoms with van der Waals surface area (Å²) in [7, 11) is 0. The first-order valence-electron chi connectivity index (χ1n) is 7.45. The molecule has 0 fully saturated rings. The standard InChI is InChI=1S/C16H19N3O2S/c17-8-7-15-18-13(10-22-15)16(20)19-12-5-3-9-21-14-6-2-1-4-11(12)14/h1-2,4,6,10,12H,3,5,7-9,17H2,(H,19,20). The van der Waals surface area contributed by atoms with Gasteiger partial charge in [0.2, 0.25) is 0 Å². The maximum absolute atomic E-state index is 12.4. The van der Waals surface area contributed by atoms with Crippen molar-refractivity contribution < 1.29 is 9.53 Å². The van der Waals surface area contributed by atoms with Gasteiger partial charge in [-0.2, -0.15) is 0 Å². The highest BCUT2D eigenvalue weighted by atomic mass is 32.1. The second-order valence-electron chi connectivity index (χ2n) is 5.22. The zero-order valence-electron chi connectivity index (χ0n) is 12.2. The minimum Gasteiger partial charge on any atom is -0.493 e. The Kier molecular flexibility index (Phi) is 4.70. The smallest absolute Gasteiger partial charge is 0.271 e. The van der Waals surface area contributed by atoms with Crippen LogP contribution in [0, 0.1) is 0 Å². The summed E-state index contributed by atoms with van der Waals surface area (Å²) < 4.78 is 5.72. The lowest BCUT2D eigenvalue weighted by Gasteiger charge is -2.17. The van der Waals surface area contributed by atoms with Gasteiger partial charge in [0.25, 0.3) is 5.91 Å². The first kappa shape index (κ1) is 15.0. The molecule has 2 aromatic rings. The summed E-state index contributed by atoms with van der Waals surface area (Å²) in [5.41, 5.74) is 7.02. The Balaban J connectivity index is 1.75. The minimum atomic E-state index is -0.138. The Morgan fingerprint density at radius 3 is 3.18 bits per heavy atom. The third-order valence-corrected chi connectivity index (χ3v) is 4.55. The number of ether oxygens (including phenoxy) is 1. The number of rotatable bonds is 4. The SMILES string of the molecule is NCCc1nc(C(=O)NC2CCCOc3ccccc32)cs1. The number of nitrogens with zero attached hydrogens (tertiary/aromatic N) is 1. The molecule has 0 bridgehead atoms. The highest BCUT2D eigenvalue weighted by molar-refractivity contribution is 7.09. The molecule has 6 heteroatoms. The van der Waals surface area contributed by atoms with Crippen LogP contribution in [0.4, 0.5) is 0 Å². The normalized spacial score (nSPS) is 17.2. The van der Waals surface area contributed by atoms with Gasteiger partial charge in [0.15, 0.2) is 0 Å². The largest absolute Gasteiger partial charge is 0.493 e. The fourth-order valence-electron chi connectivity index (χ4n) is 2.56. The van der Waals surface area contributed by atoms with Crippen LogP contribution in [0.15, 0.2) is 29.6 Å². The lowest BCUT2D eigenvalue weighted by Crippen LogP contribution is -2.28. The molecule has 0 radical (unpaired) electrons.